The van der Waals surface area contributed by atoms with Crippen molar-refractivity contribution in [3.63, 3.8) is 0 Å². The number of aromatic nitrogens is 1. The second-order valence-corrected chi connectivity index (χ2v) is 10.1. The lowest BCUT2D eigenvalue weighted by Gasteiger charge is -2.21. The molecule has 0 spiro atoms. The number of amides is 2. The predicted octanol–water partition coefficient (Wildman–Crippen LogP) is 4.48. The number of aryl methyl sites for hydroxylation is 2. The highest BCUT2D eigenvalue weighted by molar-refractivity contribution is 6.09. The summed E-state index contributed by atoms with van der Waals surface area (Å²) >= 11 is 0. The molecule has 2 aliphatic heterocycles. The van der Waals surface area contributed by atoms with Crippen LogP contribution in [0.15, 0.2) is 54.6 Å². The van der Waals surface area contributed by atoms with E-state index in [1.54, 1.807) is 30.1 Å². The molecule has 3 heterocycles. The van der Waals surface area contributed by atoms with Gasteiger partial charge in [0.05, 0.1) is 13.5 Å². The molecule has 202 valence electrons. The standard InChI is InChI=1S/C31H34N4O4/c1-35-27-18-21(30(37)33-16-6-5-9-22-14-12-20-8-7-17-32-29(20)34-22)13-15-24(27)26(19-28(36)39-2)23-10-3-4-11-25(23)31(35)38/h3-4,10-15,18,26H,5-9,16-17,19H2,1-2H3,(H,32,34)(H,33,37). The quantitative estimate of drug-likeness (QED) is 0.332. The van der Waals surface area contributed by atoms with Crippen LogP contribution in [0.5, 0.6) is 0 Å². The molecule has 0 aliphatic carbocycles. The molecule has 5 rings (SSSR count). The molecule has 1 unspecified atom stereocenters. The van der Waals surface area contributed by atoms with Crippen LogP contribution >= 0.6 is 0 Å². The zero-order valence-corrected chi connectivity index (χ0v) is 22.5. The average Bonchev–Trinajstić information content (AvgIpc) is 3.06. The predicted molar refractivity (Wildman–Crippen MR) is 150 cm³/mol. The Morgan fingerprint density at radius 3 is 2.79 bits per heavy atom. The summed E-state index contributed by atoms with van der Waals surface area (Å²) in [6.45, 7) is 1.52. The van der Waals surface area contributed by atoms with E-state index in [0.717, 1.165) is 61.3 Å². The van der Waals surface area contributed by atoms with Gasteiger partial charge in [-0.05, 0) is 73.1 Å². The fourth-order valence-electron chi connectivity index (χ4n) is 5.44. The number of benzene rings is 2. The number of rotatable bonds is 8. The van der Waals surface area contributed by atoms with Crippen molar-refractivity contribution >= 4 is 29.3 Å². The van der Waals surface area contributed by atoms with Crippen molar-refractivity contribution in [2.45, 2.75) is 44.4 Å². The smallest absolute Gasteiger partial charge is 0.306 e. The topological polar surface area (TPSA) is 101 Å². The normalized spacial score (nSPS) is 15.8. The third kappa shape index (κ3) is 5.65. The van der Waals surface area contributed by atoms with Gasteiger partial charge in [-0.15, -0.1) is 0 Å². The number of methoxy groups -OCH3 is 1. The molecule has 0 radical (unpaired) electrons. The minimum Gasteiger partial charge on any atom is -0.469 e. The van der Waals surface area contributed by atoms with E-state index in [2.05, 4.69) is 22.8 Å². The molecule has 1 atom stereocenters. The summed E-state index contributed by atoms with van der Waals surface area (Å²) < 4.78 is 4.95. The van der Waals surface area contributed by atoms with Crippen molar-refractivity contribution in [3.05, 3.63) is 88.1 Å². The lowest BCUT2D eigenvalue weighted by molar-refractivity contribution is -0.140. The SMILES string of the molecule is COC(=O)CC1c2ccccc2C(=O)N(C)c2cc(C(=O)NCCCCc3ccc4c(n3)NCCC4)ccc21. The van der Waals surface area contributed by atoms with E-state index in [9.17, 15) is 14.4 Å². The monoisotopic (exact) mass is 526 g/mol. The van der Waals surface area contributed by atoms with Crippen molar-refractivity contribution in [3.8, 4) is 0 Å². The second kappa shape index (κ2) is 11.7. The summed E-state index contributed by atoms with van der Waals surface area (Å²) in [5.41, 5.74) is 5.56. The van der Waals surface area contributed by atoms with E-state index in [4.69, 9.17) is 9.72 Å². The number of esters is 1. The van der Waals surface area contributed by atoms with Crippen LogP contribution < -0.4 is 15.5 Å². The molecule has 2 N–H and O–H groups in total. The van der Waals surface area contributed by atoms with Gasteiger partial charge >= 0.3 is 5.97 Å². The number of pyridine rings is 1. The Hall–Kier alpha value is -4.20. The molecule has 8 nitrogen and oxygen atoms in total. The first kappa shape index (κ1) is 26.4. The molecular weight excluding hydrogens is 492 g/mol. The van der Waals surface area contributed by atoms with Crippen LogP contribution in [-0.4, -0.2) is 50.0 Å². The van der Waals surface area contributed by atoms with E-state index in [-0.39, 0.29) is 30.1 Å². The number of ether oxygens (including phenoxy) is 1. The molecule has 0 bridgehead atoms. The van der Waals surface area contributed by atoms with Crippen LogP contribution in [0.2, 0.25) is 0 Å². The second-order valence-electron chi connectivity index (χ2n) is 10.1. The van der Waals surface area contributed by atoms with Gasteiger partial charge in [0.1, 0.15) is 5.82 Å². The maximum absolute atomic E-state index is 13.3. The third-order valence-corrected chi connectivity index (χ3v) is 7.60. The van der Waals surface area contributed by atoms with E-state index in [1.165, 1.54) is 12.7 Å². The lowest BCUT2D eigenvalue weighted by Crippen LogP contribution is -2.28. The van der Waals surface area contributed by atoms with Crippen LogP contribution in [0.1, 0.15) is 74.7 Å². The first-order chi connectivity index (χ1) is 19.0. The number of carbonyl (C=O) groups is 3. The van der Waals surface area contributed by atoms with Gasteiger partial charge in [-0.3, -0.25) is 14.4 Å². The number of hydrogen-bond acceptors (Lipinski definition) is 6. The summed E-state index contributed by atoms with van der Waals surface area (Å²) in [5, 5.41) is 6.38. The largest absolute Gasteiger partial charge is 0.469 e. The van der Waals surface area contributed by atoms with Gasteiger partial charge in [0.25, 0.3) is 11.8 Å². The van der Waals surface area contributed by atoms with Gasteiger partial charge in [0, 0.05) is 48.6 Å². The Balaban J connectivity index is 1.25. The lowest BCUT2D eigenvalue weighted by atomic mass is 9.85. The summed E-state index contributed by atoms with van der Waals surface area (Å²) in [4.78, 5) is 44.9. The Morgan fingerprint density at radius 1 is 1.10 bits per heavy atom. The number of carbonyl (C=O) groups excluding carboxylic acids is 3. The minimum absolute atomic E-state index is 0.0995. The first-order valence-electron chi connectivity index (χ1n) is 13.5. The molecule has 3 aromatic rings. The van der Waals surface area contributed by atoms with Crippen LogP contribution in [0.4, 0.5) is 11.5 Å². The van der Waals surface area contributed by atoms with Gasteiger partial charge in [-0.25, -0.2) is 4.98 Å². The maximum Gasteiger partial charge on any atom is 0.306 e. The molecule has 0 fully saturated rings. The zero-order chi connectivity index (χ0) is 27.4. The van der Waals surface area contributed by atoms with Crippen molar-refractivity contribution < 1.29 is 19.1 Å². The van der Waals surface area contributed by atoms with Crippen LogP contribution in [0.25, 0.3) is 0 Å². The average molecular weight is 527 g/mol. The molecule has 8 heteroatoms. The molecule has 39 heavy (non-hydrogen) atoms. The van der Waals surface area contributed by atoms with Crippen molar-refractivity contribution in [2.75, 3.05) is 37.5 Å². The highest BCUT2D eigenvalue weighted by Gasteiger charge is 2.32. The van der Waals surface area contributed by atoms with Gasteiger partial charge in [0.2, 0.25) is 0 Å². The number of hydrogen-bond donors (Lipinski definition) is 2. The van der Waals surface area contributed by atoms with E-state index in [0.29, 0.717) is 23.4 Å². The summed E-state index contributed by atoms with van der Waals surface area (Å²) in [6.07, 6.45) is 4.93. The van der Waals surface area contributed by atoms with Gasteiger partial charge < -0.3 is 20.3 Å². The van der Waals surface area contributed by atoms with Gasteiger partial charge in [0.15, 0.2) is 0 Å². The number of nitrogens with zero attached hydrogens (tertiary/aromatic N) is 2. The Kier molecular flexibility index (Phi) is 7.91. The maximum atomic E-state index is 13.3. The number of nitrogens with one attached hydrogen (secondary N) is 2. The fraction of sp³-hybridized carbons (Fsp3) is 0.355. The number of anilines is 2. The van der Waals surface area contributed by atoms with Crippen LogP contribution in [0, 0.1) is 0 Å². The Labute approximate surface area is 228 Å². The van der Waals surface area contributed by atoms with Crippen molar-refractivity contribution in [1.82, 2.24) is 10.3 Å². The van der Waals surface area contributed by atoms with E-state index in [1.807, 2.05) is 24.3 Å². The highest BCUT2D eigenvalue weighted by Crippen LogP contribution is 2.40. The molecule has 2 aliphatic rings. The van der Waals surface area contributed by atoms with E-state index >= 15 is 0 Å². The number of unbranched alkanes of at least 4 members (excludes halogenated alkanes) is 1. The Bertz CT molecular complexity index is 1400. The minimum atomic E-state index is -0.360. The van der Waals surface area contributed by atoms with Crippen molar-refractivity contribution in [2.24, 2.45) is 0 Å². The Morgan fingerprint density at radius 2 is 1.95 bits per heavy atom. The summed E-state index contributed by atoms with van der Waals surface area (Å²) in [6, 6.07) is 16.9. The molecular formula is C31H34N4O4. The van der Waals surface area contributed by atoms with Gasteiger partial charge in [-0.2, -0.15) is 0 Å². The third-order valence-electron chi connectivity index (χ3n) is 7.60. The highest BCUT2D eigenvalue weighted by atomic mass is 16.5. The van der Waals surface area contributed by atoms with E-state index < -0.39 is 0 Å². The molecule has 0 saturated heterocycles. The first-order valence-corrected chi connectivity index (χ1v) is 13.5. The molecule has 1 aromatic heterocycles. The molecule has 2 aromatic carbocycles. The number of fused-ring (bicyclic) bond motifs is 3. The fourth-order valence-corrected chi connectivity index (χ4v) is 5.44. The van der Waals surface area contributed by atoms with Crippen LogP contribution in [0.3, 0.4) is 0 Å². The zero-order valence-electron chi connectivity index (χ0n) is 22.5. The summed E-state index contributed by atoms with van der Waals surface area (Å²) in [7, 11) is 3.06. The van der Waals surface area contributed by atoms with Gasteiger partial charge in [-0.1, -0.05) is 30.3 Å². The van der Waals surface area contributed by atoms with Crippen LogP contribution in [-0.2, 0) is 22.4 Å². The molecule has 0 saturated carbocycles. The summed E-state index contributed by atoms with van der Waals surface area (Å²) in [5.74, 6) is -0.0806. The van der Waals surface area contributed by atoms with Crippen molar-refractivity contribution in [1.29, 1.82) is 0 Å². The molecule has 2 amide bonds.